The summed E-state index contributed by atoms with van der Waals surface area (Å²) >= 11 is 5.85. The van der Waals surface area contributed by atoms with Gasteiger partial charge in [0.15, 0.2) is 0 Å². The minimum Gasteiger partial charge on any atom is -0.422 e. The molecule has 0 aliphatic heterocycles. The van der Waals surface area contributed by atoms with Crippen LogP contribution in [-0.2, 0) is 0 Å². The summed E-state index contributed by atoms with van der Waals surface area (Å²) in [6, 6.07) is 9.72. The van der Waals surface area contributed by atoms with Gasteiger partial charge in [-0.25, -0.2) is 9.78 Å². The summed E-state index contributed by atoms with van der Waals surface area (Å²) in [5.41, 5.74) is 1.50. The third-order valence-electron chi connectivity index (χ3n) is 2.39. The van der Waals surface area contributed by atoms with Gasteiger partial charge in [-0.1, -0.05) is 17.7 Å². The average molecular weight is 273 g/mol. The maximum absolute atomic E-state index is 11.8. The van der Waals surface area contributed by atoms with Gasteiger partial charge in [-0.05, 0) is 30.7 Å². The molecule has 2 aromatic rings. The highest BCUT2D eigenvalue weighted by molar-refractivity contribution is 6.31. The van der Waals surface area contributed by atoms with E-state index in [9.17, 15) is 4.79 Å². The van der Waals surface area contributed by atoms with Crippen LogP contribution in [0.4, 0.5) is 0 Å². The van der Waals surface area contributed by atoms with Crippen LogP contribution in [0, 0.1) is 18.3 Å². The van der Waals surface area contributed by atoms with Crippen molar-refractivity contribution in [1.82, 2.24) is 4.98 Å². The van der Waals surface area contributed by atoms with Crippen LogP contribution in [0.3, 0.4) is 0 Å². The Morgan fingerprint density at radius 2 is 2.16 bits per heavy atom. The molecule has 0 aliphatic rings. The Bertz CT molecular complexity index is 660. The number of nitrogens with zero attached hydrogens (tertiary/aromatic N) is 2. The molecule has 4 nitrogen and oxygen atoms in total. The van der Waals surface area contributed by atoms with E-state index < -0.39 is 5.97 Å². The topological polar surface area (TPSA) is 63.0 Å². The lowest BCUT2D eigenvalue weighted by atomic mass is 10.2. The first kappa shape index (κ1) is 13.1. The number of nitriles is 1. The van der Waals surface area contributed by atoms with Gasteiger partial charge < -0.3 is 4.74 Å². The van der Waals surface area contributed by atoms with Gasteiger partial charge in [0.05, 0.1) is 10.6 Å². The third kappa shape index (κ3) is 3.09. The maximum atomic E-state index is 11.8. The first-order valence-electron chi connectivity index (χ1n) is 5.44. The fraction of sp³-hybridized carbons (Fsp3) is 0.0714. The molecule has 0 unspecified atom stereocenters. The van der Waals surface area contributed by atoms with E-state index in [4.69, 9.17) is 21.6 Å². The molecule has 0 fully saturated rings. The highest BCUT2D eigenvalue weighted by atomic mass is 35.5. The molecule has 1 aromatic heterocycles. The zero-order valence-corrected chi connectivity index (χ0v) is 10.8. The van der Waals surface area contributed by atoms with Gasteiger partial charge in [-0.3, -0.25) is 0 Å². The third-order valence-corrected chi connectivity index (χ3v) is 2.70. The molecule has 0 spiro atoms. The lowest BCUT2D eigenvalue weighted by Crippen LogP contribution is -2.10. The summed E-state index contributed by atoms with van der Waals surface area (Å²) < 4.78 is 5.13. The van der Waals surface area contributed by atoms with Crippen LogP contribution >= 0.6 is 11.6 Å². The second-order valence-corrected chi connectivity index (χ2v) is 4.27. The summed E-state index contributed by atoms with van der Waals surface area (Å²) in [4.78, 5) is 15.8. The Balaban J connectivity index is 2.17. The predicted molar refractivity (Wildman–Crippen MR) is 70.1 cm³/mol. The molecule has 1 heterocycles. The van der Waals surface area contributed by atoms with E-state index in [2.05, 4.69) is 4.98 Å². The summed E-state index contributed by atoms with van der Waals surface area (Å²) in [6.07, 6.45) is 1.59. The number of esters is 1. The van der Waals surface area contributed by atoms with E-state index in [0.717, 1.165) is 5.56 Å². The quantitative estimate of drug-likeness (QED) is 0.622. The fourth-order valence-corrected chi connectivity index (χ4v) is 1.61. The molecular formula is C14H9ClN2O2. The number of pyridine rings is 1. The van der Waals surface area contributed by atoms with Crippen LogP contribution in [-0.4, -0.2) is 11.0 Å². The second kappa shape index (κ2) is 5.51. The van der Waals surface area contributed by atoms with Crippen molar-refractivity contribution in [3.05, 3.63) is 58.4 Å². The van der Waals surface area contributed by atoms with Crippen molar-refractivity contribution in [2.24, 2.45) is 0 Å². The van der Waals surface area contributed by atoms with Gasteiger partial charge in [-0.15, -0.1) is 0 Å². The number of hydrogen-bond donors (Lipinski definition) is 0. The van der Waals surface area contributed by atoms with Gasteiger partial charge in [-0.2, -0.15) is 5.26 Å². The molecule has 5 heteroatoms. The zero-order chi connectivity index (χ0) is 13.8. The van der Waals surface area contributed by atoms with Gasteiger partial charge in [0.2, 0.25) is 0 Å². The number of rotatable bonds is 2. The molecule has 0 N–H and O–H groups in total. The molecule has 0 atom stereocenters. The van der Waals surface area contributed by atoms with Crippen LogP contribution in [0.15, 0.2) is 36.5 Å². The number of benzene rings is 1. The lowest BCUT2D eigenvalue weighted by Gasteiger charge is -2.04. The average Bonchev–Trinajstić information content (AvgIpc) is 2.39. The maximum Gasteiger partial charge on any atom is 0.362 e. The van der Waals surface area contributed by atoms with Crippen LogP contribution in [0.5, 0.6) is 5.75 Å². The first-order valence-corrected chi connectivity index (χ1v) is 5.82. The molecule has 0 aliphatic carbocycles. The van der Waals surface area contributed by atoms with Gasteiger partial charge in [0.1, 0.15) is 17.5 Å². The Kier molecular flexibility index (Phi) is 3.79. The van der Waals surface area contributed by atoms with Gasteiger partial charge in [0.25, 0.3) is 0 Å². The van der Waals surface area contributed by atoms with Crippen molar-refractivity contribution in [3.63, 3.8) is 0 Å². The van der Waals surface area contributed by atoms with E-state index in [1.165, 1.54) is 18.2 Å². The zero-order valence-electron chi connectivity index (χ0n) is 10.1. The number of aromatic nitrogens is 1. The molecular weight excluding hydrogens is 264 g/mol. The van der Waals surface area contributed by atoms with Crippen molar-refractivity contribution in [1.29, 1.82) is 5.26 Å². The molecule has 1 aromatic carbocycles. The summed E-state index contributed by atoms with van der Waals surface area (Å²) in [7, 11) is 0. The van der Waals surface area contributed by atoms with Crippen LogP contribution in [0.25, 0.3) is 0 Å². The molecule has 0 amide bonds. The number of halogens is 1. The van der Waals surface area contributed by atoms with E-state index in [1.807, 2.05) is 13.0 Å². The Morgan fingerprint density at radius 1 is 1.37 bits per heavy atom. The Morgan fingerprint density at radius 3 is 2.74 bits per heavy atom. The van der Waals surface area contributed by atoms with E-state index >= 15 is 0 Å². The van der Waals surface area contributed by atoms with Crippen molar-refractivity contribution >= 4 is 17.6 Å². The summed E-state index contributed by atoms with van der Waals surface area (Å²) in [6.45, 7) is 1.88. The molecule has 94 valence electrons. The Labute approximate surface area is 115 Å². The van der Waals surface area contributed by atoms with Gasteiger partial charge >= 0.3 is 5.97 Å². The minimum atomic E-state index is -0.569. The van der Waals surface area contributed by atoms with E-state index in [-0.39, 0.29) is 16.5 Å². The smallest absolute Gasteiger partial charge is 0.362 e. The number of carbonyl (C=O) groups excluding carboxylic acids is 1. The van der Waals surface area contributed by atoms with Gasteiger partial charge in [0, 0.05) is 12.3 Å². The lowest BCUT2D eigenvalue weighted by molar-refractivity contribution is 0.0728. The van der Waals surface area contributed by atoms with Crippen molar-refractivity contribution in [2.75, 3.05) is 0 Å². The highest BCUT2D eigenvalue weighted by Gasteiger charge is 2.11. The number of carbonyl (C=O) groups is 1. The molecule has 0 radical (unpaired) electrons. The van der Waals surface area contributed by atoms with Crippen LogP contribution < -0.4 is 4.74 Å². The molecule has 0 bridgehead atoms. The van der Waals surface area contributed by atoms with Crippen molar-refractivity contribution in [2.45, 2.75) is 6.92 Å². The molecule has 0 saturated carbocycles. The number of ether oxygens (including phenoxy) is 1. The molecule has 19 heavy (non-hydrogen) atoms. The van der Waals surface area contributed by atoms with Crippen molar-refractivity contribution in [3.8, 4) is 11.8 Å². The normalized spacial score (nSPS) is 9.74. The fourth-order valence-electron chi connectivity index (χ4n) is 1.40. The highest BCUT2D eigenvalue weighted by Crippen LogP contribution is 2.22. The van der Waals surface area contributed by atoms with E-state index in [1.54, 1.807) is 18.3 Å². The minimum absolute atomic E-state index is 0.214. The SMILES string of the molecule is Cc1ccc(C(=O)Oc2ccc(C#N)c(Cl)c2)nc1. The first-order chi connectivity index (χ1) is 9.10. The molecule has 2 rings (SSSR count). The number of aryl methyl sites for hydroxylation is 1. The summed E-state index contributed by atoms with van der Waals surface area (Å²) in [5.74, 6) is -0.294. The monoisotopic (exact) mass is 272 g/mol. The van der Waals surface area contributed by atoms with Crippen LogP contribution in [0.1, 0.15) is 21.6 Å². The van der Waals surface area contributed by atoms with E-state index in [0.29, 0.717) is 5.56 Å². The predicted octanol–water partition coefficient (Wildman–Crippen LogP) is 3.13. The second-order valence-electron chi connectivity index (χ2n) is 3.86. The van der Waals surface area contributed by atoms with Crippen molar-refractivity contribution < 1.29 is 9.53 Å². The molecule has 0 saturated heterocycles. The standard InChI is InChI=1S/C14H9ClN2O2/c1-9-2-5-13(17-8-9)14(18)19-11-4-3-10(7-16)12(15)6-11/h2-6,8H,1H3. The van der Waals surface area contributed by atoms with Crippen LogP contribution in [0.2, 0.25) is 5.02 Å². The number of hydrogen-bond acceptors (Lipinski definition) is 4. The Hall–Kier alpha value is -2.38. The largest absolute Gasteiger partial charge is 0.422 e. The summed E-state index contributed by atoms with van der Waals surface area (Å²) in [5, 5.41) is 8.98.